The maximum absolute atomic E-state index is 12.3. The second kappa shape index (κ2) is 7.37. The topological polar surface area (TPSA) is 90.9 Å². The highest BCUT2D eigenvalue weighted by atomic mass is 35.5. The van der Waals surface area contributed by atoms with Gasteiger partial charge in [-0.3, -0.25) is 4.79 Å². The quantitative estimate of drug-likeness (QED) is 0.425. The number of nitriles is 1. The zero-order valence-corrected chi connectivity index (χ0v) is 15.0. The molecule has 2 aliphatic rings. The first-order valence-electron chi connectivity index (χ1n) is 8.70. The predicted octanol–water partition coefficient (Wildman–Crippen LogP) is 3.68. The van der Waals surface area contributed by atoms with E-state index < -0.39 is 5.91 Å². The first-order chi connectivity index (χ1) is 12.0. The zero-order chi connectivity index (χ0) is 18.0. The zero-order valence-electron chi connectivity index (χ0n) is 14.3. The molecule has 2 fully saturated rings. The Morgan fingerprint density at radius 1 is 1.44 bits per heavy atom. The number of halogens is 1. The molecule has 0 heterocycles. The fourth-order valence-corrected chi connectivity index (χ4v) is 4.45. The first kappa shape index (κ1) is 17.6. The smallest absolute Gasteiger partial charge is 0.267 e. The van der Waals surface area contributed by atoms with E-state index in [0.29, 0.717) is 22.3 Å². The molecule has 4 unspecified atom stereocenters. The van der Waals surface area contributed by atoms with Crippen LogP contribution in [0.25, 0.3) is 0 Å². The van der Waals surface area contributed by atoms with Crippen molar-refractivity contribution >= 4 is 28.9 Å². The normalized spacial score (nSPS) is 26.1. The van der Waals surface area contributed by atoms with E-state index in [-0.39, 0.29) is 11.6 Å². The predicted molar refractivity (Wildman–Crippen MR) is 99.7 cm³/mol. The summed E-state index contributed by atoms with van der Waals surface area (Å²) in [5.41, 5.74) is 6.62. The standard InChI is InChI=1S/C19H23ClN4O/c1-11(16-7-12-2-3-13(16)6-12)23-10-14(9-21)19(25)24-18-5-4-15(22)8-17(18)20/h4-5,8,10-13,16,23H,2-3,6-7,22H2,1H3,(H,24,25)/b14-10-. The van der Waals surface area contributed by atoms with Gasteiger partial charge in [0.25, 0.3) is 5.91 Å². The molecule has 0 aromatic heterocycles. The Morgan fingerprint density at radius 2 is 2.24 bits per heavy atom. The second-order valence-electron chi connectivity index (χ2n) is 7.16. The van der Waals surface area contributed by atoms with E-state index in [1.807, 2.05) is 6.07 Å². The molecule has 3 rings (SSSR count). The average molecular weight is 359 g/mol. The van der Waals surface area contributed by atoms with Crippen LogP contribution in [0.2, 0.25) is 5.02 Å². The number of carbonyl (C=O) groups excluding carboxylic acids is 1. The van der Waals surface area contributed by atoms with Crippen LogP contribution in [0.5, 0.6) is 0 Å². The molecular formula is C19H23ClN4O. The third kappa shape index (κ3) is 3.91. The third-order valence-corrected chi connectivity index (χ3v) is 5.84. The van der Waals surface area contributed by atoms with Crippen LogP contribution in [0.1, 0.15) is 32.6 Å². The molecule has 4 atom stereocenters. The van der Waals surface area contributed by atoms with Crippen molar-refractivity contribution in [3.8, 4) is 6.07 Å². The average Bonchev–Trinajstić information content (AvgIpc) is 3.21. The second-order valence-corrected chi connectivity index (χ2v) is 7.56. The van der Waals surface area contributed by atoms with Gasteiger partial charge in [0.1, 0.15) is 11.6 Å². The minimum absolute atomic E-state index is 0.0305. The Hall–Kier alpha value is -2.19. The van der Waals surface area contributed by atoms with Gasteiger partial charge < -0.3 is 16.4 Å². The largest absolute Gasteiger partial charge is 0.399 e. The molecule has 1 amide bonds. The van der Waals surface area contributed by atoms with Gasteiger partial charge in [0.05, 0.1) is 10.7 Å². The molecule has 4 N–H and O–H groups in total. The van der Waals surface area contributed by atoms with Crippen molar-refractivity contribution in [3.63, 3.8) is 0 Å². The molecule has 0 saturated heterocycles. The molecule has 6 heteroatoms. The van der Waals surface area contributed by atoms with Crippen LogP contribution in [0.3, 0.4) is 0 Å². The van der Waals surface area contributed by atoms with E-state index in [4.69, 9.17) is 17.3 Å². The number of hydrogen-bond donors (Lipinski definition) is 3. The van der Waals surface area contributed by atoms with Crippen molar-refractivity contribution in [2.24, 2.45) is 17.8 Å². The fraction of sp³-hybridized carbons (Fsp3) is 0.474. The number of benzene rings is 1. The number of carbonyl (C=O) groups is 1. The van der Waals surface area contributed by atoms with Crippen LogP contribution in [0.15, 0.2) is 30.0 Å². The van der Waals surface area contributed by atoms with Crippen molar-refractivity contribution in [2.45, 2.75) is 38.6 Å². The Morgan fingerprint density at radius 3 is 2.84 bits per heavy atom. The molecular weight excluding hydrogens is 336 g/mol. The Bertz CT molecular complexity index is 739. The van der Waals surface area contributed by atoms with E-state index in [9.17, 15) is 10.1 Å². The summed E-state index contributed by atoms with van der Waals surface area (Å²) in [5.74, 6) is 1.80. The number of nitrogens with two attached hydrogens (primary N) is 1. The van der Waals surface area contributed by atoms with Gasteiger partial charge in [0.15, 0.2) is 0 Å². The van der Waals surface area contributed by atoms with Gasteiger partial charge in [-0.25, -0.2) is 0 Å². The van der Waals surface area contributed by atoms with Crippen LogP contribution in [0.4, 0.5) is 11.4 Å². The van der Waals surface area contributed by atoms with E-state index >= 15 is 0 Å². The number of nitrogens with zero attached hydrogens (tertiary/aromatic N) is 1. The number of nitrogens with one attached hydrogen (secondary N) is 2. The van der Waals surface area contributed by atoms with Gasteiger partial charge in [-0.05, 0) is 62.1 Å². The molecule has 0 aliphatic heterocycles. The number of anilines is 2. The minimum atomic E-state index is -0.484. The summed E-state index contributed by atoms with van der Waals surface area (Å²) in [5, 5.41) is 15.5. The van der Waals surface area contributed by atoms with Gasteiger partial charge in [-0.2, -0.15) is 5.26 Å². The molecule has 2 bridgehead atoms. The summed E-state index contributed by atoms with van der Waals surface area (Å²) in [6.07, 6.45) is 6.78. The lowest BCUT2D eigenvalue weighted by molar-refractivity contribution is -0.112. The minimum Gasteiger partial charge on any atom is -0.399 e. The highest BCUT2D eigenvalue weighted by Gasteiger charge is 2.41. The highest BCUT2D eigenvalue weighted by molar-refractivity contribution is 6.34. The number of amides is 1. The Labute approximate surface area is 153 Å². The summed E-state index contributed by atoms with van der Waals surface area (Å²) < 4.78 is 0. The Kier molecular flexibility index (Phi) is 5.19. The van der Waals surface area contributed by atoms with Crippen LogP contribution in [-0.2, 0) is 4.79 Å². The van der Waals surface area contributed by atoms with Crippen LogP contribution in [0, 0.1) is 29.1 Å². The van der Waals surface area contributed by atoms with Gasteiger partial charge in [0.2, 0.25) is 0 Å². The van der Waals surface area contributed by atoms with E-state index in [2.05, 4.69) is 17.6 Å². The lowest BCUT2D eigenvalue weighted by Crippen LogP contribution is -2.34. The molecule has 1 aromatic carbocycles. The number of rotatable bonds is 5. The SMILES string of the molecule is CC(N/C=C(/C#N)C(=O)Nc1ccc(N)cc1Cl)C1CC2CCC1C2. The fourth-order valence-electron chi connectivity index (χ4n) is 4.22. The van der Waals surface area contributed by atoms with Gasteiger partial charge in [-0.15, -0.1) is 0 Å². The third-order valence-electron chi connectivity index (χ3n) is 5.53. The maximum atomic E-state index is 12.3. The lowest BCUT2D eigenvalue weighted by Gasteiger charge is -2.28. The van der Waals surface area contributed by atoms with E-state index in [1.54, 1.807) is 18.2 Å². The monoisotopic (exact) mass is 358 g/mol. The van der Waals surface area contributed by atoms with Crippen molar-refractivity contribution in [3.05, 3.63) is 35.0 Å². The molecule has 25 heavy (non-hydrogen) atoms. The van der Waals surface area contributed by atoms with Crippen molar-refractivity contribution in [1.29, 1.82) is 5.26 Å². The molecule has 2 saturated carbocycles. The molecule has 0 spiro atoms. The molecule has 1 aromatic rings. The van der Waals surface area contributed by atoms with Crippen LogP contribution < -0.4 is 16.4 Å². The molecule has 5 nitrogen and oxygen atoms in total. The lowest BCUT2D eigenvalue weighted by atomic mass is 9.84. The van der Waals surface area contributed by atoms with E-state index in [0.717, 1.165) is 11.8 Å². The van der Waals surface area contributed by atoms with Gasteiger partial charge in [0, 0.05) is 17.9 Å². The summed E-state index contributed by atoms with van der Waals surface area (Å²) >= 11 is 6.06. The van der Waals surface area contributed by atoms with Crippen molar-refractivity contribution in [2.75, 3.05) is 11.1 Å². The van der Waals surface area contributed by atoms with Crippen molar-refractivity contribution < 1.29 is 4.79 Å². The number of nitrogen functional groups attached to an aromatic ring is 1. The molecule has 0 radical (unpaired) electrons. The summed E-state index contributed by atoms with van der Waals surface area (Å²) in [4.78, 5) is 12.3. The number of hydrogen-bond acceptors (Lipinski definition) is 4. The molecule has 132 valence electrons. The highest BCUT2D eigenvalue weighted by Crippen LogP contribution is 2.49. The van der Waals surface area contributed by atoms with Crippen LogP contribution >= 0.6 is 11.6 Å². The maximum Gasteiger partial charge on any atom is 0.267 e. The van der Waals surface area contributed by atoms with Gasteiger partial charge >= 0.3 is 0 Å². The first-order valence-corrected chi connectivity index (χ1v) is 9.08. The summed E-state index contributed by atoms with van der Waals surface area (Å²) in [7, 11) is 0. The summed E-state index contributed by atoms with van der Waals surface area (Å²) in [6, 6.07) is 7.03. The van der Waals surface area contributed by atoms with Gasteiger partial charge in [-0.1, -0.05) is 18.0 Å². The van der Waals surface area contributed by atoms with E-state index in [1.165, 1.54) is 31.9 Å². The Balaban J connectivity index is 1.61. The van der Waals surface area contributed by atoms with Crippen molar-refractivity contribution in [1.82, 2.24) is 5.32 Å². The summed E-state index contributed by atoms with van der Waals surface area (Å²) in [6.45, 7) is 2.13. The number of fused-ring (bicyclic) bond motifs is 2. The molecule has 2 aliphatic carbocycles. The van der Waals surface area contributed by atoms with Crippen LogP contribution in [-0.4, -0.2) is 11.9 Å².